The lowest BCUT2D eigenvalue weighted by Gasteiger charge is -2.08. The first-order valence-electron chi connectivity index (χ1n) is 3.68. The molecule has 7 heteroatoms. The molecule has 0 aliphatic rings. The summed E-state index contributed by atoms with van der Waals surface area (Å²) >= 11 is 3.03. The summed E-state index contributed by atoms with van der Waals surface area (Å²) in [6.45, 7) is 2.34. The Morgan fingerprint density at radius 1 is 1.36 bits per heavy atom. The predicted octanol–water partition coefficient (Wildman–Crippen LogP) is 1.16. The lowest BCUT2D eigenvalue weighted by Crippen LogP contribution is -2.39. The van der Waals surface area contributed by atoms with Crippen molar-refractivity contribution in [1.82, 2.24) is 10.6 Å². The molecule has 0 saturated heterocycles. The van der Waals surface area contributed by atoms with Gasteiger partial charge < -0.3 is 10.6 Å². The van der Waals surface area contributed by atoms with Crippen LogP contribution in [0.1, 0.15) is 0 Å². The fourth-order valence-corrected chi connectivity index (χ4v) is 0.771. The van der Waals surface area contributed by atoms with Gasteiger partial charge in [0.15, 0.2) is 0 Å². The van der Waals surface area contributed by atoms with E-state index in [0.717, 1.165) is 0 Å². The zero-order chi connectivity index (χ0) is 11.2. The van der Waals surface area contributed by atoms with E-state index in [1.807, 2.05) is 0 Å². The molecular weight excluding hydrogens is 265 g/mol. The van der Waals surface area contributed by atoms with Gasteiger partial charge in [-0.3, -0.25) is 4.79 Å². The molecule has 0 spiro atoms. The van der Waals surface area contributed by atoms with Crippen LogP contribution in [0.3, 0.4) is 0 Å². The number of halogens is 4. The highest BCUT2D eigenvalue weighted by Crippen LogP contribution is 2.11. The van der Waals surface area contributed by atoms with Crippen molar-refractivity contribution in [3.05, 3.63) is 11.1 Å². The predicted molar refractivity (Wildman–Crippen MR) is 50.0 cm³/mol. The van der Waals surface area contributed by atoms with E-state index < -0.39 is 18.6 Å². The molecular formula is C7H10BrF3N2O. The van der Waals surface area contributed by atoms with Crippen LogP contribution in [0.15, 0.2) is 11.1 Å². The topological polar surface area (TPSA) is 41.1 Å². The Morgan fingerprint density at radius 2 is 1.93 bits per heavy atom. The molecule has 0 rings (SSSR count). The van der Waals surface area contributed by atoms with Gasteiger partial charge in [0.25, 0.3) is 0 Å². The van der Waals surface area contributed by atoms with E-state index in [1.54, 1.807) is 5.32 Å². The Balaban J connectivity index is 3.52. The number of rotatable bonds is 5. The molecule has 0 heterocycles. The molecule has 14 heavy (non-hydrogen) atoms. The fourth-order valence-electron chi connectivity index (χ4n) is 0.573. The van der Waals surface area contributed by atoms with Crippen molar-refractivity contribution in [2.24, 2.45) is 0 Å². The number of nitrogens with one attached hydrogen (secondary N) is 2. The van der Waals surface area contributed by atoms with Crippen LogP contribution in [0, 0.1) is 0 Å². The molecule has 0 aromatic carbocycles. The first-order chi connectivity index (χ1) is 6.31. The normalized spacial score (nSPS) is 11.1. The molecule has 0 unspecified atom stereocenters. The van der Waals surface area contributed by atoms with Crippen molar-refractivity contribution in [2.75, 3.05) is 19.6 Å². The van der Waals surface area contributed by atoms with E-state index in [2.05, 4.69) is 27.8 Å². The molecule has 1 amide bonds. The molecule has 0 aromatic heterocycles. The number of carbonyl (C=O) groups excluding carboxylic acids is 1. The Labute approximate surface area is 87.9 Å². The second-order valence-corrected chi connectivity index (χ2v) is 3.63. The van der Waals surface area contributed by atoms with Crippen molar-refractivity contribution in [3.63, 3.8) is 0 Å². The van der Waals surface area contributed by atoms with E-state index >= 15 is 0 Å². The molecule has 0 bridgehead atoms. The van der Waals surface area contributed by atoms with E-state index in [9.17, 15) is 18.0 Å². The van der Waals surface area contributed by atoms with Gasteiger partial charge in [-0.2, -0.15) is 13.2 Å². The highest BCUT2D eigenvalue weighted by molar-refractivity contribution is 9.11. The van der Waals surface area contributed by atoms with E-state index in [-0.39, 0.29) is 6.54 Å². The standard InChI is InChI=1S/C7H10BrF3N2O/c1-5(8)2-12-3-6(14)13-4-7(9,10)11/h12H,1-4H2,(H,13,14). The van der Waals surface area contributed by atoms with E-state index in [4.69, 9.17) is 0 Å². The summed E-state index contributed by atoms with van der Waals surface area (Å²) < 4.78 is 35.5. The zero-order valence-corrected chi connectivity index (χ0v) is 8.83. The zero-order valence-electron chi connectivity index (χ0n) is 7.25. The van der Waals surface area contributed by atoms with Gasteiger partial charge in [-0.05, 0) is 0 Å². The number of carbonyl (C=O) groups is 1. The molecule has 0 saturated carbocycles. The lowest BCUT2D eigenvalue weighted by molar-refractivity contribution is -0.137. The van der Waals surface area contributed by atoms with Gasteiger partial charge in [-0.25, -0.2) is 0 Å². The molecule has 0 aliphatic carbocycles. The average molecular weight is 275 g/mol. The van der Waals surface area contributed by atoms with Gasteiger partial charge in [0.2, 0.25) is 5.91 Å². The maximum Gasteiger partial charge on any atom is 0.405 e. The van der Waals surface area contributed by atoms with Crippen LogP contribution in [0.2, 0.25) is 0 Å². The minimum Gasteiger partial charge on any atom is -0.346 e. The molecule has 0 aliphatic heterocycles. The van der Waals surface area contributed by atoms with Gasteiger partial charge >= 0.3 is 6.18 Å². The minimum absolute atomic E-state index is 0.166. The second kappa shape index (κ2) is 6.02. The van der Waals surface area contributed by atoms with Crippen LogP contribution in [-0.4, -0.2) is 31.7 Å². The largest absolute Gasteiger partial charge is 0.405 e. The van der Waals surface area contributed by atoms with Crippen LogP contribution >= 0.6 is 15.9 Å². The molecule has 0 fully saturated rings. The third-order valence-electron chi connectivity index (χ3n) is 1.09. The van der Waals surface area contributed by atoms with E-state index in [0.29, 0.717) is 11.0 Å². The summed E-state index contributed by atoms with van der Waals surface area (Å²) in [6.07, 6.45) is -4.37. The van der Waals surface area contributed by atoms with Crippen molar-refractivity contribution in [2.45, 2.75) is 6.18 Å². The molecule has 0 aromatic rings. The molecule has 0 atom stereocenters. The van der Waals surface area contributed by atoms with Crippen LogP contribution in [0.4, 0.5) is 13.2 Å². The maximum atomic E-state index is 11.6. The maximum absolute atomic E-state index is 11.6. The summed E-state index contributed by atoms with van der Waals surface area (Å²) in [5, 5.41) is 4.32. The SMILES string of the molecule is C=C(Br)CNCC(=O)NCC(F)(F)F. The smallest absolute Gasteiger partial charge is 0.346 e. The Bertz CT molecular complexity index is 217. The summed E-state index contributed by atoms with van der Waals surface area (Å²) in [5.74, 6) is -0.698. The Hall–Kier alpha value is -0.560. The third kappa shape index (κ3) is 9.53. The molecule has 3 nitrogen and oxygen atoms in total. The number of hydrogen-bond acceptors (Lipinski definition) is 2. The average Bonchev–Trinajstić information content (AvgIpc) is 1.99. The van der Waals surface area contributed by atoms with Gasteiger partial charge in [-0.15, -0.1) is 0 Å². The van der Waals surface area contributed by atoms with Gasteiger partial charge in [0.05, 0.1) is 6.54 Å². The van der Waals surface area contributed by atoms with Crippen molar-refractivity contribution in [3.8, 4) is 0 Å². The Kier molecular flexibility index (Phi) is 5.78. The monoisotopic (exact) mass is 274 g/mol. The van der Waals surface area contributed by atoms with Gasteiger partial charge in [0, 0.05) is 11.0 Å². The number of amides is 1. The van der Waals surface area contributed by atoms with Crippen LogP contribution < -0.4 is 10.6 Å². The summed E-state index contributed by atoms with van der Waals surface area (Å²) in [6, 6.07) is 0. The molecule has 82 valence electrons. The van der Waals surface area contributed by atoms with E-state index in [1.165, 1.54) is 0 Å². The highest BCUT2D eigenvalue weighted by atomic mass is 79.9. The van der Waals surface area contributed by atoms with Crippen molar-refractivity contribution < 1.29 is 18.0 Å². The minimum atomic E-state index is -4.37. The second-order valence-electron chi connectivity index (χ2n) is 2.51. The van der Waals surface area contributed by atoms with Gasteiger partial charge in [-0.1, -0.05) is 22.5 Å². The van der Waals surface area contributed by atoms with Crippen molar-refractivity contribution in [1.29, 1.82) is 0 Å². The fraction of sp³-hybridized carbons (Fsp3) is 0.571. The molecule has 0 radical (unpaired) electrons. The Morgan fingerprint density at radius 3 is 2.36 bits per heavy atom. The lowest BCUT2D eigenvalue weighted by atomic mass is 10.5. The molecule has 2 N–H and O–H groups in total. The first-order valence-corrected chi connectivity index (χ1v) is 4.48. The highest BCUT2D eigenvalue weighted by Gasteiger charge is 2.27. The summed E-state index contributed by atoms with van der Waals surface area (Å²) in [5.41, 5.74) is 0. The van der Waals surface area contributed by atoms with Crippen LogP contribution in [0.5, 0.6) is 0 Å². The number of alkyl halides is 3. The third-order valence-corrected chi connectivity index (χ3v) is 1.37. The van der Waals surface area contributed by atoms with Crippen LogP contribution in [-0.2, 0) is 4.79 Å². The quantitative estimate of drug-likeness (QED) is 0.790. The van der Waals surface area contributed by atoms with Crippen LogP contribution in [0.25, 0.3) is 0 Å². The first kappa shape index (κ1) is 13.4. The summed E-state index contributed by atoms with van der Waals surface area (Å²) in [4.78, 5) is 10.8. The van der Waals surface area contributed by atoms with Gasteiger partial charge in [0.1, 0.15) is 6.54 Å². The van der Waals surface area contributed by atoms with Crippen molar-refractivity contribution >= 4 is 21.8 Å². The number of hydrogen-bond donors (Lipinski definition) is 2. The summed E-state index contributed by atoms with van der Waals surface area (Å²) in [7, 11) is 0.